The number of nitrogens with one attached hydrogen (secondary N) is 2. The second kappa shape index (κ2) is 7.51. The number of anilines is 1. The molecule has 0 fully saturated rings. The van der Waals surface area contributed by atoms with Gasteiger partial charge < -0.3 is 20.5 Å². The number of ether oxygens (including phenoxy) is 1. The van der Waals surface area contributed by atoms with E-state index in [1.807, 2.05) is 0 Å². The minimum atomic E-state index is -1.31. The van der Waals surface area contributed by atoms with Gasteiger partial charge in [-0.1, -0.05) is 0 Å². The number of carbonyl (C=O) groups excluding carboxylic acids is 1. The summed E-state index contributed by atoms with van der Waals surface area (Å²) in [6.07, 6.45) is -0.617. The summed E-state index contributed by atoms with van der Waals surface area (Å²) in [5.41, 5.74) is -0.919. The summed E-state index contributed by atoms with van der Waals surface area (Å²) in [5, 5.41) is 14.4. The SMILES string of the molecule is CC(C)(C)OC(=O)NCCNc1nc2cc(F)cc(F)c2cc1C(=O)O. The molecule has 0 bridgehead atoms. The Labute approximate surface area is 148 Å². The number of carbonyl (C=O) groups is 2. The number of nitrogens with zero attached hydrogens (tertiary/aromatic N) is 1. The van der Waals surface area contributed by atoms with Gasteiger partial charge in [0.2, 0.25) is 0 Å². The molecule has 1 aromatic carbocycles. The van der Waals surface area contributed by atoms with E-state index in [9.17, 15) is 23.5 Å². The predicted molar refractivity (Wildman–Crippen MR) is 91.3 cm³/mol. The fourth-order valence-corrected chi connectivity index (χ4v) is 2.16. The Balaban J connectivity index is 2.12. The molecule has 3 N–H and O–H groups in total. The van der Waals surface area contributed by atoms with Gasteiger partial charge in [0, 0.05) is 30.6 Å². The van der Waals surface area contributed by atoms with E-state index in [0.717, 1.165) is 12.1 Å². The molecule has 7 nitrogen and oxygen atoms in total. The first-order valence-corrected chi connectivity index (χ1v) is 7.80. The van der Waals surface area contributed by atoms with Gasteiger partial charge in [0.05, 0.1) is 5.52 Å². The van der Waals surface area contributed by atoms with Crippen LogP contribution in [0.25, 0.3) is 10.9 Å². The first-order valence-electron chi connectivity index (χ1n) is 7.80. The molecule has 0 aliphatic carbocycles. The van der Waals surface area contributed by atoms with Crippen molar-refractivity contribution in [2.75, 3.05) is 18.4 Å². The normalized spacial score (nSPS) is 11.3. The van der Waals surface area contributed by atoms with Crippen LogP contribution in [0, 0.1) is 11.6 Å². The maximum Gasteiger partial charge on any atom is 0.407 e. The summed E-state index contributed by atoms with van der Waals surface area (Å²) >= 11 is 0. The van der Waals surface area contributed by atoms with Crippen LogP contribution in [0.2, 0.25) is 0 Å². The molecular weight excluding hydrogens is 348 g/mol. The molecule has 0 aliphatic rings. The van der Waals surface area contributed by atoms with Gasteiger partial charge in [-0.2, -0.15) is 0 Å². The molecule has 0 atom stereocenters. The predicted octanol–water partition coefficient (Wildman–Crippen LogP) is 3.15. The number of alkyl carbamates (subject to hydrolysis) is 1. The lowest BCUT2D eigenvalue weighted by atomic mass is 10.1. The zero-order valence-electron chi connectivity index (χ0n) is 14.5. The molecule has 26 heavy (non-hydrogen) atoms. The van der Waals surface area contributed by atoms with Crippen molar-refractivity contribution in [3.8, 4) is 0 Å². The summed E-state index contributed by atoms with van der Waals surface area (Å²) < 4.78 is 32.2. The van der Waals surface area contributed by atoms with Crippen LogP contribution in [0.3, 0.4) is 0 Å². The molecule has 1 heterocycles. The topological polar surface area (TPSA) is 101 Å². The van der Waals surface area contributed by atoms with Crippen molar-refractivity contribution in [1.82, 2.24) is 10.3 Å². The third kappa shape index (κ3) is 5.01. The number of aromatic nitrogens is 1. The quantitative estimate of drug-likeness (QED) is 0.702. The number of rotatable bonds is 5. The van der Waals surface area contributed by atoms with Crippen LogP contribution in [-0.2, 0) is 4.74 Å². The number of carboxylic acid groups (broad SMARTS) is 1. The van der Waals surface area contributed by atoms with Crippen molar-refractivity contribution >= 4 is 28.8 Å². The van der Waals surface area contributed by atoms with Crippen LogP contribution in [-0.4, -0.2) is 40.8 Å². The van der Waals surface area contributed by atoms with E-state index < -0.39 is 29.3 Å². The van der Waals surface area contributed by atoms with Gasteiger partial charge >= 0.3 is 12.1 Å². The van der Waals surface area contributed by atoms with Crippen LogP contribution >= 0.6 is 0 Å². The summed E-state index contributed by atoms with van der Waals surface area (Å²) in [6, 6.07) is 2.75. The first kappa shape index (κ1) is 19.4. The highest BCUT2D eigenvalue weighted by atomic mass is 19.1. The number of carboxylic acids is 1. The molecule has 0 aliphatic heterocycles. The van der Waals surface area contributed by atoms with E-state index in [1.54, 1.807) is 20.8 Å². The zero-order chi connectivity index (χ0) is 19.5. The third-order valence-corrected chi connectivity index (χ3v) is 3.16. The lowest BCUT2D eigenvalue weighted by molar-refractivity contribution is 0.0529. The van der Waals surface area contributed by atoms with Crippen molar-refractivity contribution in [2.45, 2.75) is 26.4 Å². The minimum absolute atomic E-state index is 0.0184. The maximum absolute atomic E-state index is 13.8. The summed E-state index contributed by atoms with van der Waals surface area (Å²) in [5.74, 6) is -3.08. The average Bonchev–Trinajstić information content (AvgIpc) is 2.48. The molecule has 0 radical (unpaired) electrons. The zero-order valence-corrected chi connectivity index (χ0v) is 14.5. The van der Waals surface area contributed by atoms with Gasteiger partial charge in [0.25, 0.3) is 0 Å². The number of fused-ring (bicyclic) bond motifs is 1. The molecule has 2 aromatic rings. The standard InChI is InChI=1S/C17H19F2N3O4/c1-17(2,3)26-16(25)21-5-4-20-14-11(15(23)24)8-10-12(19)6-9(18)7-13(10)22-14/h6-8H,4-5H2,1-3H3,(H,20,22)(H,21,25)(H,23,24). The molecule has 0 saturated heterocycles. The van der Waals surface area contributed by atoms with Crippen LogP contribution < -0.4 is 10.6 Å². The summed E-state index contributed by atoms with van der Waals surface area (Å²) in [4.78, 5) is 26.9. The largest absolute Gasteiger partial charge is 0.478 e. The Kier molecular flexibility index (Phi) is 5.59. The van der Waals surface area contributed by atoms with E-state index >= 15 is 0 Å². The monoisotopic (exact) mass is 367 g/mol. The third-order valence-electron chi connectivity index (χ3n) is 3.16. The molecule has 1 amide bonds. The highest BCUT2D eigenvalue weighted by Crippen LogP contribution is 2.24. The van der Waals surface area contributed by atoms with Gasteiger partial charge in [-0.15, -0.1) is 0 Å². The van der Waals surface area contributed by atoms with Crippen molar-refractivity contribution < 1.29 is 28.2 Å². The average molecular weight is 367 g/mol. The van der Waals surface area contributed by atoms with Gasteiger partial charge in [-0.3, -0.25) is 0 Å². The smallest absolute Gasteiger partial charge is 0.407 e. The first-order chi connectivity index (χ1) is 12.1. The molecule has 0 saturated carbocycles. The minimum Gasteiger partial charge on any atom is -0.478 e. The summed E-state index contributed by atoms with van der Waals surface area (Å²) in [6.45, 7) is 5.44. The maximum atomic E-state index is 13.8. The van der Waals surface area contributed by atoms with Gasteiger partial charge in [-0.25, -0.2) is 23.4 Å². The molecule has 0 spiro atoms. The van der Waals surface area contributed by atoms with E-state index in [0.29, 0.717) is 6.07 Å². The van der Waals surface area contributed by atoms with E-state index in [1.165, 1.54) is 0 Å². The van der Waals surface area contributed by atoms with Crippen molar-refractivity contribution in [3.05, 3.63) is 35.4 Å². The van der Waals surface area contributed by atoms with Crippen molar-refractivity contribution in [1.29, 1.82) is 0 Å². The van der Waals surface area contributed by atoms with Crippen LogP contribution in [0.4, 0.5) is 19.4 Å². The number of amides is 1. The molecule has 1 aromatic heterocycles. The molecular formula is C17H19F2N3O4. The van der Waals surface area contributed by atoms with Gasteiger partial charge in [0.1, 0.15) is 28.6 Å². The Morgan fingerprint density at radius 2 is 1.88 bits per heavy atom. The number of aromatic carboxylic acids is 1. The molecule has 140 valence electrons. The van der Waals surface area contributed by atoms with Crippen LogP contribution in [0.15, 0.2) is 18.2 Å². The highest BCUT2D eigenvalue weighted by molar-refractivity contribution is 5.98. The number of hydrogen-bond acceptors (Lipinski definition) is 5. The Morgan fingerprint density at radius 3 is 2.50 bits per heavy atom. The Morgan fingerprint density at radius 1 is 1.19 bits per heavy atom. The number of halogens is 2. The number of pyridine rings is 1. The van der Waals surface area contributed by atoms with E-state index in [2.05, 4.69) is 15.6 Å². The lowest BCUT2D eigenvalue weighted by Crippen LogP contribution is -2.35. The lowest BCUT2D eigenvalue weighted by Gasteiger charge is -2.19. The van der Waals surface area contributed by atoms with E-state index in [4.69, 9.17) is 4.74 Å². The van der Waals surface area contributed by atoms with Crippen LogP contribution in [0.1, 0.15) is 31.1 Å². The van der Waals surface area contributed by atoms with E-state index in [-0.39, 0.29) is 35.4 Å². The van der Waals surface area contributed by atoms with Crippen molar-refractivity contribution in [3.63, 3.8) is 0 Å². The van der Waals surface area contributed by atoms with Gasteiger partial charge in [-0.05, 0) is 26.8 Å². The van der Waals surface area contributed by atoms with Crippen molar-refractivity contribution in [2.24, 2.45) is 0 Å². The number of benzene rings is 1. The Hall–Kier alpha value is -2.97. The second-order valence-electron chi connectivity index (χ2n) is 6.50. The van der Waals surface area contributed by atoms with Crippen LogP contribution in [0.5, 0.6) is 0 Å². The highest BCUT2D eigenvalue weighted by Gasteiger charge is 2.17. The van der Waals surface area contributed by atoms with Gasteiger partial charge in [0.15, 0.2) is 0 Å². The molecule has 0 unspecified atom stereocenters. The number of hydrogen-bond donors (Lipinski definition) is 3. The Bertz CT molecular complexity index is 850. The molecule has 9 heteroatoms. The fraction of sp³-hybridized carbons (Fsp3) is 0.353. The molecule has 2 rings (SSSR count). The second-order valence-corrected chi connectivity index (χ2v) is 6.50. The summed E-state index contributed by atoms with van der Waals surface area (Å²) in [7, 11) is 0. The fourth-order valence-electron chi connectivity index (χ4n) is 2.16.